The van der Waals surface area contributed by atoms with Crippen LogP contribution in [0, 0.1) is 17.0 Å². The molecule has 2 rings (SSSR count). The van der Waals surface area contributed by atoms with Gasteiger partial charge in [-0.25, -0.2) is 0 Å². The zero-order valence-electron chi connectivity index (χ0n) is 11.8. The fourth-order valence-corrected chi connectivity index (χ4v) is 1.92. The lowest BCUT2D eigenvalue weighted by atomic mass is 10.1. The van der Waals surface area contributed by atoms with Gasteiger partial charge in [-0.15, -0.1) is 0 Å². The molecule has 0 unspecified atom stereocenters. The topological polar surface area (TPSA) is 84.6 Å². The van der Waals surface area contributed by atoms with Crippen LogP contribution >= 0.6 is 0 Å². The van der Waals surface area contributed by atoms with Crippen molar-refractivity contribution in [1.82, 2.24) is 0 Å². The molecular weight excluding hydrogens is 272 g/mol. The molecule has 0 spiro atoms. The van der Waals surface area contributed by atoms with E-state index in [1.807, 2.05) is 6.92 Å². The zero-order valence-corrected chi connectivity index (χ0v) is 11.8. The summed E-state index contributed by atoms with van der Waals surface area (Å²) in [5, 5.41) is 23.8. The van der Waals surface area contributed by atoms with Gasteiger partial charge in [0.15, 0.2) is 0 Å². The van der Waals surface area contributed by atoms with Crippen LogP contribution in [0.4, 0.5) is 11.4 Å². The van der Waals surface area contributed by atoms with Crippen molar-refractivity contribution in [3.63, 3.8) is 0 Å². The highest BCUT2D eigenvalue weighted by Gasteiger charge is 2.09. The number of benzene rings is 2. The highest BCUT2D eigenvalue weighted by Crippen LogP contribution is 2.26. The van der Waals surface area contributed by atoms with Gasteiger partial charge < -0.3 is 15.2 Å². The van der Waals surface area contributed by atoms with Crippen molar-refractivity contribution in [3.8, 4) is 11.5 Å². The number of aromatic hydroxyl groups is 1. The normalized spacial score (nSPS) is 10.2. The lowest BCUT2D eigenvalue weighted by Gasteiger charge is -2.11. The number of phenolic OH excluding ortho intramolecular Hbond substituents is 1. The van der Waals surface area contributed by atoms with Crippen LogP contribution in [0.3, 0.4) is 0 Å². The monoisotopic (exact) mass is 288 g/mol. The maximum Gasteiger partial charge on any atom is 0.271 e. The quantitative estimate of drug-likeness (QED) is 0.651. The van der Waals surface area contributed by atoms with Crippen LogP contribution in [0.15, 0.2) is 36.4 Å². The summed E-state index contributed by atoms with van der Waals surface area (Å²) in [6.45, 7) is 2.22. The lowest BCUT2D eigenvalue weighted by Crippen LogP contribution is -2.02. The third-order valence-corrected chi connectivity index (χ3v) is 3.19. The van der Waals surface area contributed by atoms with Gasteiger partial charge in [0, 0.05) is 36.0 Å². The number of rotatable bonds is 5. The number of nitro groups is 1. The van der Waals surface area contributed by atoms with E-state index in [0.29, 0.717) is 23.5 Å². The van der Waals surface area contributed by atoms with Crippen molar-refractivity contribution in [2.45, 2.75) is 13.5 Å². The van der Waals surface area contributed by atoms with Crippen LogP contribution in [-0.4, -0.2) is 17.1 Å². The van der Waals surface area contributed by atoms with Gasteiger partial charge in [-0.2, -0.15) is 0 Å². The van der Waals surface area contributed by atoms with Crippen LogP contribution < -0.4 is 10.1 Å². The van der Waals surface area contributed by atoms with Gasteiger partial charge in [0.2, 0.25) is 0 Å². The molecule has 0 aliphatic rings. The van der Waals surface area contributed by atoms with E-state index in [2.05, 4.69) is 5.32 Å². The maximum atomic E-state index is 10.8. The van der Waals surface area contributed by atoms with Crippen molar-refractivity contribution < 1.29 is 14.8 Å². The highest BCUT2D eigenvalue weighted by molar-refractivity contribution is 5.57. The molecule has 0 bridgehead atoms. The van der Waals surface area contributed by atoms with Gasteiger partial charge in [-0.3, -0.25) is 10.1 Å². The molecule has 2 aromatic rings. The molecule has 0 fully saturated rings. The molecule has 2 aromatic carbocycles. The van der Waals surface area contributed by atoms with E-state index >= 15 is 0 Å². The van der Waals surface area contributed by atoms with Gasteiger partial charge in [-0.1, -0.05) is 6.07 Å². The van der Waals surface area contributed by atoms with E-state index < -0.39 is 4.92 Å². The molecule has 0 aromatic heterocycles. The Morgan fingerprint density at radius 3 is 2.67 bits per heavy atom. The Bertz CT molecular complexity index is 671. The number of nitro benzene ring substituents is 1. The van der Waals surface area contributed by atoms with E-state index in [-0.39, 0.29) is 11.4 Å². The third-order valence-electron chi connectivity index (χ3n) is 3.19. The molecule has 21 heavy (non-hydrogen) atoms. The van der Waals surface area contributed by atoms with Gasteiger partial charge in [-0.05, 0) is 24.6 Å². The summed E-state index contributed by atoms with van der Waals surface area (Å²) in [5.41, 5.74) is 2.27. The molecule has 0 aliphatic heterocycles. The third kappa shape index (κ3) is 3.42. The number of phenols is 1. The molecule has 110 valence electrons. The fourth-order valence-electron chi connectivity index (χ4n) is 1.92. The fraction of sp³-hybridized carbons (Fsp3) is 0.200. The Labute approximate surface area is 122 Å². The van der Waals surface area contributed by atoms with Crippen LogP contribution in [-0.2, 0) is 6.54 Å². The van der Waals surface area contributed by atoms with Gasteiger partial charge in [0.25, 0.3) is 5.69 Å². The number of methoxy groups -OCH3 is 1. The number of aryl methyl sites for hydroxylation is 1. The predicted octanol–water partition coefficient (Wildman–Crippen LogP) is 3.23. The number of nitrogens with one attached hydrogen (secondary N) is 1. The molecule has 0 saturated carbocycles. The second-order valence-corrected chi connectivity index (χ2v) is 4.60. The van der Waals surface area contributed by atoms with Crippen molar-refractivity contribution in [2.75, 3.05) is 12.4 Å². The molecule has 6 nitrogen and oxygen atoms in total. The standard InChI is InChI=1S/C15H16N2O4/c1-10-3-5-12(17(19)20)7-14(10)16-9-11-4-6-13(21-2)8-15(11)18/h3-8,16,18H,9H2,1-2H3. The first-order chi connectivity index (χ1) is 10.0. The minimum atomic E-state index is -0.435. The SMILES string of the molecule is COc1ccc(CNc2cc([N+](=O)[O-])ccc2C)c(O)c1. The zero-order chi connectivity index (χ0) is 15.4. The van der Waals surface area contributed by atoms with Crippen LogP contribution in [0.2, 0.25) is 0 Å². The summed E-state index contributed by atoms with van der Waals surface area (Å²) in [4.78, 5) is 10.4. The Kier molecular flexibility index (Phi) is 4.27. The van der Waals surface area contributed by atoms with E-state index in [0.717, 1.165) is 5.56 Å². The summed E-state index contributed by atoms with van der Waals surface area (Å²) in [5.74, 6) is 0.688. The van der Waals surface area contributed by atoms with Crippen molar-refractivity contribution >= 4 is 11.4 Å². The van der Waals surface area contributed by atoms with Gasteiger partial charge in [0.1, 0.15) is 11.5 Å². The summed E-state index contributed by atoms with van der Waals surface area (Å²) in [7, 11) is 1.53. The molecule has 0 saturated heterocycles. The number of nitrogens with zero attached hydrogens (tertiary/aromatic N) is 1. The van der Waals surface area contributed by atoms with Crippen molar-refractivity contribution in [1.29, 1.82) is 0 Å². The summed E-state index contributed by atoms with van der Waals surface area (Å²) in [6, 6.07) is 9.65. The Balaban J connectivity index is 2.16. The summed E-state index contributed by atoms with van der Waals surface area (Å²) in [6.07, 6.45) is 0. The largest absolute Gasteiger partial charge is 0.507 e. The van der Waals surface area contributed by atoms with Gasteiger partial charge in [0.05, 0.1) is 12.0 Å². The average molecular weight is 288 g/mol. The lowest BCUT2D eigenvalue weighted by molar-refractivity contribution is -0.384. The van der Waals surface area contributed by atoms with Crippen molar-refractivity contribution in [3.05, 3.63) is 57.6 Å². The second-order valence-electron chi connectivity index (χ2n) is 4.60. The van der Waals surface area contributed by atoms with E-state index in [1.165, 1.54) is 25.3 Å². The Morgan fingerprint density at radius 1 is 1.29 bits per heavy atom. The van der Waals surface area contributed by atoms with Crippen molar-refractivity contribution in [2.24, 2.45) is 0 Å². The minimum absolute atomic E-state index is 0.0297. The first-order valence-corrected chi connectivity index (χ1v) is 6.36. The minimum Gasteiger partial charge on any atom is -0.507 e. The maximum absolute atomic E-state index is 10.8. The predicted molar refractivity (Wildman–Crippen MR) is 79.8 cm³/mol. The number of non-ortho nitro benzene ring substituents is 1. The van der Waals surface area contributed by atoms with E-state index in [9.17, 15) is 15.2 Å². The molecule has 0 heterocycles. The Hall–Kier alpha value is -2.76. The Morgan fingerprint density at radius 2 is 2.05 bits per heavy atom. The molecular formula is C15H16N2O4. The summed E-state index contributed by atoms with van der Waals surface area (Å²) < 4.78 is 5.02. The molecule has 6 heteroatoms. The molecule has 0 atom stereocenters. The summed E-state index contributed by atoms with van der Waals surface area (Å²) >= 11 is 0. The number of ether oxygens (including phenoxy) is 1. The number of anilines is 1. The first-order valence-electron chi connectivity index (χ1n) is 6.36. The molecule has 0 radical (unpaired) electrons. The molecule has 0 amide bonds. The second kappa shape index (κ2) is 6.13. The van der Waals surface area contributed by atoms with Crippen LogP contribution in [0.5, 0.6) is 11.5 Å². The smallest absolute Gasteiger partial charge is 0.271 e. The van der Waals surface area contributed by atoms with E-state index in [1.54, 1.807) is 18.2 Å². The van der Waals surface area contributed by atoms with E-state index in [4.69, 9.17) is 4.74 Å². The number of hydrogen-bond acceptors (Lipinski definition) is 5. The first kappa shape index (κ1) is 14.6. The van der Waals surface area contributed by atoms with Crippen LogP contribution in [0.25, 0.3) is 0 Å². The van der Waals surface area contributed by atoms with Crippen LogP contribution in [0.1, 0.15) is 11.1 Å². The average Bonchev–Trinajstić information content (AvgIpc) is 2.47. The van der Waals surface area contributed by atoms with Gasteiger partial charge >= 0.3 is 0 Å². The highest BCUT2D eigenvalue weighted by atomic mass is 16.6. The number of hydrogen-bond donors (Lipinski definition) is 2. The molecule has 2 N–H and O–H groups in total. The molecule has 0 aliphatic carbocycles.